The number of phenolic OH excluding ortho intramolecular Hbond substituents is 1. The van der Waals surface area contributed by atoms with Gasteiger partial charge in [0.1, 0.15) is 10.0 Å². The summed E-state index contributed by atoms with van der Waals surface area (Å²) in [5, 5.41) is 11.5. The third-order valence-corrected chi connectivity index (χ3v) is 9.25. The van der Waals surface area contributed by atoms with Gasteiger partial charge in [0, 0.05) is 6.42 Å². The molecule has 0 bridgehead atoms. The van der Waals surface area contributed by atoms with Gasteiger partial charge in [0.2, 0.25) is 0 Å². The predicted octanol–water partition coefficient (Wildman–Crippen LogP) is 9.56. The molecule has 1 atom stereocenters. The van der Waals surface area contributed by atoms with Crippen LogP contribution in [0, 0.1) is 0 Å². The Morgan fingerprint density at radius 3 is 1.85 bits per heavy atom. The Labute approximate surface area is 276 Å². The van der Waals surface area contributed by atoms with E-state index in [0.717, 1.165) is 63.8 Å². The summed E-state index contributed by atoms with van der Waals surface area (Å²) in [4.78, 5) is 9.16. The molecule has 234 valence electrons. The Morgan fingerprint density at radius 1 is 0.696 bits per heavy atom. The minimum absolute atomic E-state index is 0.143. The molecule has 46 heavy (non-hydrogen) atoms. The van der Waals surface area contributed by atoms with Gasteiger partial charge in [-0.15, -0.1) is 22.7 Å². The summed E-state index contributed by atoms with van der Waals surface area (Å²) in [6, 6.07) is 27.4. The number of fused-ring (bicyclic) bond motifs is 2. The number of hydrogen-bond donors (Lipinski definition) is 1. The molecule has 1 unspecified atom stereocenters. The molecular weight excluding hydrogens is 617 g/mol. The highest BCUT2D eigenvalue weighted by Gasteiger charge is 2.17. The number of nitrogens with zero attached hydrogens (tertiary/aromatic N) is 2. The lowest BCUT2D eigenvalue weighted by Gasteiger charge is -2.24. The highest BCUT2D eigenvalue weighted by atomic mass is 32.1. The first-order chi connectivity index (χ1) is 22.6. The highest BCUT2D eigenvalue weighted by Crippen LogP contribution is 2.32. The van der Waals surface area contributed by atoms with E-state index < -0.39 is 0 Å². The van der Waals surface area contributed by atoms with Crippen molar-refractivity contribution in [2.75, 3.05) is 20.8 Å². The van der Waals surface area contributed by atoms with Gasteiger partial charge >= 0.3 is 0 Å². The SMILES string of the molecule is COc1cc(/C=C/c2nc3ccccc3s2)ccc1O.COc1cc(/C=C/c2nc3ccccc3s2)ccc1OC1CCCCO1. The van der Waals surface area contributed by atoms with E-state index in [4.69, 9.17) is 18.9 Å². The zero-order chi connectivity index (χ0) is 31.7. The van der Waals surface area contributed by atoms with Crippen LogP contribution >= 0.6 is 22.7 Å². The van der Waals surface area contributed by atoms with E-state index >= 15 is 0 Å². The second-order valence-corrected chi connectivity index (χ2v) is 12.6. The molecule has 1 fully saturated rings. The largest absolute Gasteiger partial charge is 0.504 e. The number of thiazole rings is 2. The number of ether oxygens (including phenoxy) is 4. The van der Waals surface area contributed by atoms with Crippen molar-refractivity contribution in [2.24, 2.45) is 0 Å². The van der Waals surface area contributed by atoms with Crippen molar-refractivity contribution in [1.82, 2.24) is 9.97 Å². The van der Waals surface area contributed by atoms with Crippen LogP contribution in [-0.4, -0.2) is 42.2 Å². The van der Waals surface area contributed by atoms with Crippen molar-refractivity contribution in [3.63, 3.8) is 0 Å². The van der Waals surface area contributed by atoms with Gasteiger partial charge in [-0.3, -0.25) is 0 Å². The summed E-state index contributed by atoms with van der Waals surface area (Å²) < 4.78 is 24.6. The lowest BCUT2D eigenvalue weighted by Crippen LogP contribution is -2.25. The lowest BCUT2D eigenvalue weighted by molar-refractivity contribution is -0.106. The molecule has 0 amide bonds. The number of methoxy groups -OCH3 is 2. The molecular formula is C37H34N2O5S2. The van der Waals surface area contributed by atoms with Crippen molar-refractivity contribution in [2.45, 2.75) is 25.6 Å². The van der Waals surface area contributed by atoms with Gasteiger partial charge in [-0.1, -0.05) is 48.6 Å². The zero-order valence-electron chi connectivity index (χ0n) is 25.6. The second-order valence-electron chi connectivity index (χ2n) is 10.5. The number of rotatable bonds is 8. The number of benzene rings is 4. The van der Waals surface area contributed by atoms with Crippen molar-refractivity contribution >= 4 is 67.4 Å². The van der Waals surface area contributed by atoms with Crippen LogP contribution in [0.2, 0.25) is 0 Å². The third-order valence-electron chi connectivity index (χ3n) is 7.25. The van der Waals surface area contributed by atoms with E-state index in [1.807, 2.05) is 85.0 Å². The van der Waals surface area contributed by atoms with Gasteiger partial charge in [-0.05, 0) is 84.7 Å². The summed E-state index contributed by atoms with van der Waals surface area (Å²) in [6.07, 6.45) is 11.0. The van der Waals surface area contributed by atoms with Crippen LogP contribution < -0.4 is 14.2 Å². The minimum atomic E-state index is -0.179. The normalized spacial score (nSPS) is 14.9. The second kappa shape index (κ2) is 15.1. The molecule has 0 radical (unpaired) electrons. The number of aromatic hydroxyl groups is 1. The molecule has 0 aliphatic carbocycles. The Bertz CT molecular complexity index is 1910. The van der Waals surface area contributed by atoms with Crippen LogP contribution in [0.5, 0.6) is 23.0 Å². The summed E-state index contributed by atoms with van der Waals surface area (Å²) in [6.45, 7) is 0.760. The van der Waals surface area contributed by atoms with Crippen LogP contribution in [0.3, 0.4) is 0 Å². The van der Waals surface area contributed by atoms with Crippen molar-refractivity contribution < 1.29 is 24.1 Å². The predicted molar refractivity (Wildman–Crippen MR) is 189 cm³/mol. The molecule has 7 nitrogen and oxygen atoms in total. The molecule has 3 heterocycles. The number of phenols is 1. The third kappa shape index (κ3) is 7.92. The number of aromatic nitrogens is 2. The maximum atomic E-state index is 9.56. The highest BCUT2D eigenvalue weighted by molar-refractivity contribution is 7.19. The molecule has 6 aromatic rings. The van der Waals surface area contributed by atoms with Crippen LogP contribution in [0.4, 0.5) is 0 Å². The van der Waals surface area contributed by atoms with Gasteiger partial charge < -0.3 is 24.1 Å². The molecule has 1 aliphatic rings. The maximum absolute atomic E-state index is 9.56. The van der Waals surface area contributed by atoms with Crippen LogP contribution in [0.25, 0.3) is 44.7 Å². The average molecular weight is 651 g/mol. The maximum Gasteiger partial charge on any atom is 0.200 e. The first-order valence-electron chi connectivity index (χ1n) is 15.0. The summed E-state index contributed by atoms with van der Waals surface area (Å²) in [5.74, 6) is 2.04. The fourth-order valence-electron chi connectivity index (χ4n) is 4.89. The van der Waals surface area contributed by atoms with E-state index in [-0.39, 0.29) is 12.0 Å². The first kappa shape index (κ1) is 31.3. The number of para-hydroxylation sites is 2. The molecule has 4 aromatic carbocycles. The fraction of sp³-hybridized carbons (Fsp3) is 0.189. The standard InChI is InChI=1S/C21H21NO3S.C16H13NO2S/c1-23-18-14-15(9-11-17(18)25-21-8-4-5-13-24-21)10-12-20-22-16-6-2-3-7-19(16)26-20;1-19-14-10-11(6-8-13(14)18)7-9-16-17-12-4-2-3-5-15(12)20-16/h2-3,6-7,9-12,14,21H,4-5,8,13H2,1H3;2-10,18H,1H3/b12-10+;9-7+. The monoisotopic (exact) mass is 650 g/mol. The smallest absolute Gasteiger partial charge is 0.200 e. The molecule has 7 rings (SSSR count). The van der Waals surface area contributed by atoms with E-state index in [1.165, 1.54) is 16.5 Å². The van der Waals surface area contributed by atoms with Crippen LogP contribution in [0.1, 0.15) is 40.4 Å². The summed E-state index contributed by atoms with van der Waals surface area (Å²) in [7, 11) is 3.20. The first-order valence-corrected chi connectivity index (χ1v) is 16.6. The van der Waals surface area contributed by atoms with E-state index in [2.05, 4.69) is 22.1 Å². The summed E-state index contributed by atoms with van der Waals surface area (Å²) >= 11 is 3.33. The quantitative estimate of drug-likeness (QED) is 0.176. The van der Waals surface area contributed by atoms with Crippen molar-refractivity contribution in [1.29, 1.82) is 0 Å². The molecule has 0 saturated carbocycles. The molecule has 1 saturated heterocycles. The lowest BCUT2D eigenvalue weighted by atomic mass is 10.2. The van der Waals surface area contributed by atoms with E-state index in [1.54, 1.807) is 41.9 Å². The minimum Gasteiger partial charge on any atom is -0.504 e. The molecule has 0 spiro atoms. The zero-order valence-corrected chi connectivity index (χ0v) is 27.2. The van der Waals surface area contributed by atoms with Crippen LogP contribution in [-0.2, 0) is 4.74 Å². The average Bonchev–Trinajstić information content (AvgIpc) is 3.72. The van der Waals surface area contributed by atoms with Gasteiger partial charge in [-0.2, -0.15) is 0 Å². The van der Waals surface area contributed by atoms with Crippen molar-refractivity contribution in [3.8, 4) is 23.0 Å². The Hall–Kier alpha value is -4.70. The van der Waals surface area contributed by atoms with E-state index in [0.29, 0.717) is 11.5 Å². The molecule has 1 aliphatic heterocycles. The van der Waals surface area contributed by atoms with Gasteiger partial charge in [0.25, 0.3) is 0 Å². The van der Waals surface area contributed by atoms with Gasteiger partial charge in [0.05, 0.1) is 41.3 Å². The Morgan fingerprint density at radius 2 is 1.28 bits per heavy atom. The Balaban J connectivity index is 0.000000167. The Kier molecular flexibility index (Phi) is 10.2. The van der Waals surface area contributed by atoms with Crippen molar-refractivity contribution in [3.05, 3.63) is 106 Å². The molecule has 9 heteroatoms. The van der Waals surface area contributed by atoms with E-state index in [9.17, 15) is 5.11 Å². The fourth-order valence-corrected chi connectivity index (χ4v) is 6.63. The van der Waals surface area contributed by atoms with Crippen LogP contribution in [0.15, 0.2) is 84.9 Å². The van der Waals surface area contributed by atoms with Gasteiger partial charge in [-0.25, -0.2) is 9.97 Å². The van der Waals surface area contributed by atoms with Gasteiger partial charge in [0.15, 0.2) is 29.3 Å². The molecule has 1 N–H and O–H groups in total. The summed E-state index contributed by atoms with van der Waals surface area (Å²) in [5.41, 5.74) is 4.04. The molecule has 2 aromatic heterocycles. The number of hydrogen-bond acceptors (Lipinski definition) is 9. The topological polar surface area (TPSA) is 82.9 Å².